The first-order chi connectivity index (χ1) is 15.4. The zero-order chi connectivity index (χ0) is 22.7. The number of carbonyl (C=O) groups is 1. The third kappa shape index (κ3) is 4.72. The number of methoxy groups -OCH3 is 1. The number of amides is 1. The molecule has 0 unspecified atom stereocenters. The Morgan fingerprint density at radius 3 is 2.47 bits per heavy atom. The van der Waals surface area contributed by atoms with Crippen molar-refractivity contribution in [2.24, 2.45) is 0 Å². The third-order valence-corrected chi connectivity index (χ3v) is 5.78. The number of fused-ring (bicyclic) bond motifs is 1. The molecule has 1 aliphatic heterocycles. The number of halogens is 3. The van der Waals surface area contributed by atoms with Crippen LogP contribution >= 0.6 is 0 Å². The van der Waals surface area contributed by atoms with Crippen molar-refractivity contribution in [2.45, 2.75) is 31.6 Å². The second-order valence-corrected chi connectivity index (χ2v) is 7.84. The maximum Gasteiger partial charge on any atom is 0.449 e. The van der Waals surface area contributed by atoms with Crippen molar-refractivity contribution in [1.82, 2.24) is 19.8 Å². The maximum absolute atomic E-state index is 13.5. The van der Waals surface area contributed by atoms with Crippen LogP contribution in [0.3, 0.4) is 0 Å². The summed E-state index contributed by atoms with van der Waals surface area (Å²) in [7, 11) is 1.60. The Kier molecular flexibility index (Phi) is 6.36. The Morgan fingerprint density at radius 2 is 1.81 bits per heavy atom. The number of nitrogens with one attached hydrogen (secondary N) is 1. The molecule has 1 N–H and O–H groups in total. The number of aromatic nitrogens is 2. The van der Waals surface area contributed by atoms with Crippen LogP contribution in [0, 0.1) is 0 Å². The van der Waals surface area contributed by atoms with E-state index in [1.807, 2.05) is 24.3 Å². The van der Waals surface area contributed by atoms with Gasteiger partial charge in [-0.3, -0.25) is 9.69 Å². The minimum absolute atomic E-state index is 0.0611. The molecule has 1 amide bonds. The summed E-state index contributed by atoms with van der Waals surface area (Å²) in [6.45, 7) is 1.68. The molecule has 170 valence electrons. The van der Waals surface area contributed by atoms with Crippen LogP contribution in [-0.2, 0) is 17.5 Å². The molecule has 0 radical (unpaired) electrons. The van der Waals surface area contributed by atoms with Gasteiger partial charge in [0.1, 0.15) is 12.3 Å². The molecule has 1 atom stereocenters. The van der Waals surface area contributed by atoms with Gasteiger partial charge in [0.15, 0.2) is 0 Å². The highest BCUT2D eigenvalue weighted by Gasteiger charge is 2.38. The monoisotopic (exact) mass is 446 g/mol. The summed E-state index contributed by atoms with van der Waals surface area (Å²) in [6.07, 6.45) is -2.49. The van der Waals surface area contributed by atoms with Gasteiger partial charge in [0.25, 0.3) is 0 Å². The Balaban J connectivity index is 1.51. The molecule has 0 saturated carbocycles. The van der Waals surface area contributed by atoms with E-state index in [4.69, 9.17) is 4.74 Å². The Hall–Kier alpha value is -3.07. The smallest absolute Gasteiger partial charge is 0.449 e. The largest absolute Gasteiger partial charge is 0.497 e. The lowest BCUT2D eigenvalue weighted by atomic mass is 10.1. The van der Waals surface area contributed by atoms with E-state index in [9.17, 15) is 18.0 Å². The number of nitrogens with zero attached hydrogens (tertiary/aromatic N) is 3. The van der Waals surface area contributed by atoms with Crippen LogP contribution in [0.5, 0.6) is 5.75 Å². The predicted octanol–water partition coefficient (Wildman–Crippen LogP) is 4.02. The highest BCUT2D eigenvalue weighted by atomic mass is 19.4. The molecule has 1 aromatic heterocycles. The Labute approximate surface area is 184 Å². The zero-order valence-corrected chi connectivity index (χ0v) is 17.7. The van der Waals surface area contributed by atoms with Crippen molar-refractivity contribution in [1.29, 1.82) is 0 Å². The average Bonchev–Trinajstić information content (AvgIpc) is 3.43. The molecule has 0 spiro atoms. The topological polar surface area (TPSA) is 59.4 Å². The molecule has 0 bridgehead atoms. The fraction of sp³-hybridized carbons (Fsp3) is 0.391. The molecule has 1 saturated heterocycles. The first-order valence-electron chi connectivity index (χ1n) is 10.5. The lowest BCUT2D eigenvalue weighted by Gasteiger charge is -2.28. The summed E-state index contributed by atoms with van der Waals surface area (Å²) < 4.78 is 46.7. The number of benzene rings is 2. The van der Waals surface area contributed by atoms with Crippen molar-refractivity contribution in [3.8, 4) is 5.75 Å². The van der Waals surface area contributed by atoms with E-state index < -0.39 is 24.5 Å². The molecule has 9 heteroatoms. The Morgan fingerprint density at radius 1 is 1.12 bits per heavy atom. The minimum atomic E-state index is -4.65. The molecule has 32 heavy (non-hydrogen) atoms. The number of likely N-dealkylation sites (tertiary alicyclic amines) is 1. The molecule has 1 aliphatic rings. The van der Waals surface area contributed by atoms with Gasteiger partial charge in [-0.15, -0.1) is 0 Å². The maximum atomic E-state index is 13.5. The second-order valence-electron chi connectivity index (χ2n) is 7.84. The highest BCUT2D eigenvalue weighted by Crippen LogP contribution is 2.31. The number of ether oxygens (including phenoxy) is 1. The predicted molar refractivity (Wildman–Crippen MR) is 114 cm³/mol. The SMILES string of the molecule is COc1ccc([C@H](CNC(=O)Cn2c(C(F)(F)F)nc3ccccc32)N2CCCC2)cc1. The Bertz CT molecular complexity index is 1070. The fourth-order valence-electron chi connectivity index (χ4n) is 4.20. The number of alkyl halides is 3. The van der Waals surface area contributed by atoms with E-state index in [1.54, 1.807) is 19.2 Å². The van der Waals surface area contributed by atoms with E-state index in [0.29, 0.717) is 6.54 Å². The highest BCUT2D eigenvalue weighted by molar-refractivity contribution is 5.81. The molecule has 3 aromatic rings. The first-order valence-corrected chi connectivity index (χ1v) is 10.5. The molecular weight excluding hydrogens is 421 g/mol. The van der Waals surface area contributed by atoms with Crippen LogP contribution in [0.2, 0.25) is 0 Å². The molecule has 0 aliphatic carbocycles. The van der Waals surface area contributed by atoms with E-state index in [2.05, 4.69) is 15.2 Å². The summed E-state index contributed by atoms with van der Waals surface area (Å²) >= 11 is 0. The van der Waals surface area contributed by atoms with Crippen LogP contribution in [0.1, 0.15) is 30.3 Å². The third-order valence-electron chi connectivity index (χ3n) is 5.78. The summed E-state index contributed by atoms with van der Waals surface area (Å²) in [5.41, 5.74) is 1.51. The van der Waals surface area contributed by atoms with Crippen molar-refractivity contribution >= 4 is 16.9 Å². The normalized spacial score (nSPS) is 15.8. The summed E-state index contributed by atoms with van der Waals surface area (Å²) in [4.78, 5) is 18.7. The fourth-order valence-corrected chi connectivity index (χ4v) is 4.20. The molecule has 6 nitrogen and oxygen atoms in total. The summed E-state index contributed by atoms with van der Waals surface area (Å²) in [5, 5.41) is 2.84. The average molecular weight is 446 g/mol. The summed E-state index contributed by atoms with van der Waals surface area (Å²) in [5.74, 6) is -0.818. The molecular formula is C23H25F3N4O2. The van der Waals surface area contributed by atoms with Gasteiger partial charge in [-0.1, -0.05) is 24.3 Å². The van der Waals surface area contributed by atoms with Crippen molar-refractivity contribution in [3.05, 3.63) is 59.9 Å². The van der Waals surface area contributed by atoms with Gasteiger partial charge in [-0.05, 0) is 55.8 Å². The van der Waals surface area contributed by atoms with Crippen LogP contribution in [0.15, 0.2) is 48.5 Å². The zero-order valence-electron chi connectivity index (χ0n) is 17.7. The number of hydrogen-bond donors (Lipinski definition) is 1. The lowest BCUT2D eigenvalue weighted by Crippen LogP contribution is -2.38. The van der Waals surface area contributed by atoms with Gasteiger partial charge in [0.05, 0.1) is 24.2 Å². The van der Waals surface area contributed by atoms with Crippen molar-refractivity contribution < 1.29 is 22.7 Å². The first kappa shape index (κ1) is 22.1. The van der Waals surface area contributed by atoms with Gasteiger partial charge >= 0.3 is 6.18 Å². The molecule has 4 rings (SSSR count). The van der Waals surface area contributed by atoms with Crippen LogP contribution in [0.25, 0.3) is 11.0 Å². The quantitative estimate of drug-likeness (QED) is 0.596. The van der Waals surface area contributed by atoms with E-state index in [-0.39, 0.29) is 17.1 Å². The number of para-hydroxylation sites is 2. The van der Waals surface area contributed by atoms with E-state index in [0.717, 1.165) is 41.8 Å². The standard InChI is InChI=1S/C23H25F3N4O2/c1-32-17-10-8-16(9-11-17)20(29-12-4-5-13-29)14-27-21(31)15-30-19-7-3-2-6-18(19)28-22(30)23(24,25)26/h2-3,6-11,20H,4-5,12-15H2,1H3,(H,27,31)/t20-/m0/s1. The molecule has 2 heterocycles. The van der Waals surface area contributed by atoms with E-state index in [1.165, 1.54) is 12.1 Å². The number of imidazole rings is 1. The van der Waals surface area contributed by atoms with Crippen LogP contribution < -0.4 is 10.1 Å². The van der Waals surface area contributed by atoms with Crippen molar-refractivity contribution in [3.63, 3.8) is 0 Å². The van der Waals surface area contributed by atoms with Gasteiger partial charge in [0, 0.05) is 6.54 Å². The van der Waals surface area contributed by atoms with Gasteiger partial charge in [-0.25, -0.2) is 4.98 Å². The minimum Gasteiger partial charge on any atom is -0.497 e. The number of hydrogen-bond acceptors (Lipinski definition) is 4. The van der Waals surface area contributed by atoms with Crippen LogP contribution in [0.4, 0.5) is 13.2 Å². The summed E-state index contributed by atoms with van der Waals surface area (Å²) in [6, 6.07) is 13.9. The van der Waals surface area contributed by atoms with Crippen molar-refractivity contribution in [2.75, 3.05) is 26.7 Å². The molecule has 1 fully saturated rings. The van der Waals surface area contributed by atoms with Gasteiger partial charge in [-0.2, -0.15) is 13.2 Å². The second kappa shape index (κ2) is 9.20. The van der Waals surface area contributed by atoms with E-state index >= 15 is 0 Å². The van der Waals surface area contributed by atoms with Gasteiger partial charge in [0.2, 0.25) is 11.7 Å². The van der Waals surface area contributed by atoms with Crippen LogP contribution in [-0.4, -0.2) is 47.1 Å². The number of carbonyl (C=O) groups excluding carboxylic acids is 1. The number of rotatable bonds is 7. The lowest BCUT2D eigenvalue weighted by molar-refractivity contribution is -0.147. The van der Waals surface area contributed by atoms with Gasteiger partial charge < -0.3 is 14.6 Å². The molecule has 2 aromatic carbocycles.